The number of nitrogens with zero attached hydrogens (tertiary/aromatic N) is 1. The van der Waals surface area contributed by atoms with E-state index in [1.807, 2.05) is 30.3 Å². The lowest BCUT2D eigenvalue weighted by molar-refractivity contribution is 0.612. The van der Waals surface area contributed by atoms with Gasteiger partial charge in [0.15, 0.2) is 16.8 Å². The topological polar surface area (TPSA) is 43.1 Å². The van der Waals surface area contributed by atoms with Crippen LogP contribution >= 0.6 is 11.8 Å². The van der Waals surface area contributed by atoms with E-state index in [2.05, 4.69) is 31.2 Å². The van der Waals surface area contributed by atoms with Crippen molar-refractivity contribution in [2.45, 2.75) is 16.7 Å². The molecule has 5 rings (SSSR count). The van der Waals surface area contributed by atoms with E-state index in [0.29, 0.717) is 17.0 Å². The predicted molar refractivity (Wildman–Crippen MR) is 110 cm³/mol. The van der Waals surface area contributed by atoms with Crippen LogP contribution in [0.3, 0.4) is 0 Å². The predicted octanol–water partition coefficient (Wildman–Crippen LogP) is 5.91. The maximum absolute atomic E-state index is 11.7. The first kappa shape index (κ1) is 16.1. The van der Waals surface area contributed by atoms with Crippen LogP contribution in [0.4, 0.5) is 0 Å². The van der Waals surface area contributed by atoms with Crippen LogP contribution in [-0.2, 0) is 0 Å². The van der Waals surface area contributed by atoms with Crippen molar-refractivity contribution in [1.29, 1.82) is 0 Å². The molecule has 1 heterocycles. The molecule has 2 aliphatic rings. The molecule has 0 spiro atoms. The molecule has 0 fully saturated rings. The van der Waals surface area contributed by atoms with Gasteiger partial charge in [0.1, 0.15) is 11.2 Å². The maximum Gasteiger partial charge on any atom is 0.182 e. The highest BCUT2D eigenvalue weighted by molar-refractivity contribution is 7.99. The van der Waals surface area contributed by atoms with Crippen LogP contribution in [0.15, 0.2) is 91.8 Å². The van der Waals surface area contributed by atoms with Gasteiger partial charge < -0.3 is 4.42 Å². The summed E-state index contributed by atoms with van der Waals surface area (Å²) in [5, 5.41) is 2.18. The van der Waals surface area contributed by atoms with Crippen LogP contribution in [0.25, 0.3) is 33.3 Å². The van der Waals surface area contributed by atoms with Crippen molar-refractivity contribution in [1.82, 2.24) is 4.98 Å². The fraction of sp³-hybridized carbons (Fsp3) is 0.0435. The standard InChI is InChI=1S/C23H15NO2S/c1-14-6-2-5-9-21(14)27-22-13-20-23(17-8-4-3-7-16(17)22)24-18-11-10-15(25)12-19(18)26-20/h2-13H,1H3. The van der Waals surface area contributed by atoms with Crippen molar-refractivity contribution in [3.05, 3.63) is 88.6 Å². The van der Waals surface area contributed by atoms with Gasteiger partial charge in [-0.2, -0.15) is 0 Å². The lowest BCUT2D eigenvalue weighted by Crippen LogP contribution is -1.99. The second kappa shape index (κ2) is 6.25. The van der Waals surface area contributed by atoms with E-state index in [0.717, 1.165) is 21.2 Å². The van der Waals surface area contributed by atoms with Gasteiger partial charge in [0.2, 0.25) is 0 Å². The van der Waals surface area contributed by atoms with Gasteiger partial charge in [-0.15, -0.1) is 0 Å². The van der Waals surface area contributed by atoms with Crippen molar-refractivity contribution in [2.24, 2.45) is 0 Å². The fourth-order valence-electron chi connectivity index (χ4n) is 3.28. The minimum absolute atomic E-state index is 0.0808. The van der Waals surface area contributed by atoms with Gasteiger partial charge in [0, 0.05) is 21.2 Å². The Bertz CT molecular complexity index is 1340. The maximum atomic E-state index is 11.7. The van der Waals surface area contributed by atoms with E-state index in [1.54, 1.807) is 17.8 Å². The molecule has 0 N–H and O–H groups in total. The van der Waals surface area contributed by atoms with Crippen LogP contribution in [0, 0.1) is 6.92 Å². The first-order chi connectivity index (χ1) is 13.2. The summed E-state index contributed by atoms with van der Waals surface area (Å²) in [7, 11) is 0. The Morgan fingerprint density at radius 1 is 0.852 bits per heavy atom. The van der Waals surface area contributed by atoms with Gasteiger partial charge in [0.05, 0.1) is 0 Å². The Morgan fingerprint density at radius 2 is 1.63 bits per heavy atom. The number of aryl methyl sites for hydroxylation is 1. The summed E-state index contributed by atoms with van der Waals surface area (Å²) in [5.41, 5.74) is 3.33. The van der Waals surface area contributed by atoms with E-state index < -0.39 is 0 Å². The normalized spacial score (nSPS) is 11.4. The quantitative estimate of drug-likeness (QED) is 0.287. The SMILES string of the molecule is Cc1ccccc1Sc1cc2oc3cc(=O)ccc-3nc2c2ccccc12. The zero-order valence-electron chi connectivity index (χ0n) is 14.6. The van der Waals surface area contributed by atoms with E-state index in [1.165, 1.54) is 22.6 Å². The van der Waals surface area contributed by atoms with Crippen LogP contribution in [0.1, 0.15) is 5.56 Å². The number of rotatable bonds is 2. The minimum Gasteiger partial charge on any atom is -0.453 e. The number of benzene rings is 4. The van der Waals surface area contributed by atoms with Crippen molar-refractivity contribution < 1.29 is 4.42 Å². The molecule has 3 aromatic rings. The number of fused-ring (bicyclic) bond motifs is 4. The third kappa shape index (κ3) is 2.78. The van der Waals surface area contributed by atoms with Crippen molar-refractivity contribution in [3.8, 4) is 11.5 Å². The molecule has 0 bridgehead atoms. The van der Waals surface area contributed by atoms with E-state index in [-0.39, 0.29) is 5.43 Å². The fourth-order valence-corrected chi connectivity index (χ4v) is 4.34. The molecule has 1 aliphatic heterocycles. The smallest absolute Gasteiger partial charge is 0.182 e. The molecule has 0 atom stereocenters. The van der Waals surface area contributed by atoms with Gasteiger partial charge in [-0.3, -0.25) is 4.79 Å². The van der Waals surface area contributed by atoms with Crippen molar-refractivity contribution in [3.63, 3.8) is 0 Å². The third-order valence-corrected chi connectivity index (χ3v) is 5.88. The summed E-state index contributed by atoms with van der Waals surface area (Å²) >= 11 is 1.72. The molecular formula is C23H15NO2S. The zero-order chi connectivity index (χ0) is 18.4. The van der Waals surface area contributed by atoms with Gasteiger partial charge in [0.25, 0.3) is 0 Å². The molecule has 0 radical (unpaired) electrons. The Hall–Kier alpha value is -3.11. The Kier molecular flexibility index (Phi) is 3.73. The lowest BCUT2D eigenvalue weighted by atomic mass is 10.1. The van der Waals surface area contributed by atoms with Crippen LogP contribution < -0.4 is 5.43 Å². The molecule has 3 nitrogen and oxygen atoms in total. The molecular weight excluding hydrogens is 354 g/mol. The Labute approximate surface area is 160 Å². The zero-order valence-corrected chi connectivity index (χ0v) is 15.4. The van der Waals surface area contributed by atoms with Gasteiger partial charge in [-0.1, -0.05) is 54.2 Å². The molecule has 4 heteroatoms. The highest BCUT2D eigenvalue weighted by atomic mass is 32.2. The monoisotopic (exact) mass is 369 g/mol. The van der Waals surface area contributed by atoms with Crippen molar-refractivity contribution in [2.75, 3.05) is 0 Å². The first-order valence-corrected chi connectivity index (χ1v) is 9.50. The van der Waals surface area contributed by atoms with Crippen LogP contribution in [-0.4, -0.2) is 4.98 Å². The van der Waals surface area contributed by atoms with Gasteiger partial charge >= 0.3 is 0 Å². The molecule has 130 valence electrons. The third-order valence-electron chi connectivity index (χ3n) is 4.64. The summed E-state index contributed by atoms with van der Waals surface area (Å²) < 4.78 is 6.07. The number of hydrogen-bond acceptors (Lipinski definition) is 4. The van der Waals surface area contributed by atoms with Gasteiger partial charge in [-0.25, -0.2) is 4.98 Å². The average molecular weight is 369 g/mol. The summed E-state index contributed by atoms with van der Waals surface area (Å²) in [5.74, 6) is 0.511. The molecule has 3 aromatic carbocycles. The molecule has 0 amide bonds. The second-order valence-corrected chi connectivity index (χ2v) is 7.56. The number of hydrogen-bond donors (Lipinski definition) is 0. The molecule has 0 saturated heterocycles. The summed E-state index contributed by atoms with van der Waals surface area (Å²) in [6.45, 7) is 2.11. The summed E-state index contributed by atoms with van der Waals surface area (Å²) in [4.78, 5) is 18.8. The van der Waals surface area contributed by atoms with E-state index in [4.69, 9.17) is 9.40 Å². The van der Waals surface area contributed by atoms with Gasteiger partial charge in [-0.05, 0) is 42.1 Å². The molecule has 0 unspecified atom stereocenters. The molecule has 0 aromatic heterocycles. The first-order valence-electron chi connectivity index (χ1n) is 8.69. The van der Waals surface area contributed by atoms with E-state index >= 15 is 0 Å². The lowest BCUT2D eigenvalue weighted by Gasteiger charge is -2.12. The number of aromatic nitrogens is 1. The minimum atomic E-state index is -0.0808. The Balaban J connectivity index is 1.82. The van der Waals surface area contributed by atoms with Crippen LogP contribution in [0.2, 0.25) is 0 Å². The molecule has 27 heavy (non-hydrogen) atoms. The summed E-state index contributed by atoms with van der Waals surface area (Å²) in [6.07, 6.45) is 0. The summed E-state index contributed by atoms with van der Waals surface area (Å²) in [6, 6.07) is 23.3. The largest absolute Gasteiger partial charge is 0.453 e. The molecule has 0 saturated carbocycles. The molecule has 1 aliphatic carbocycles. The van der Waals surface area contributed by atoms with Crippen LogP contribution in [0.5, 0.6) is 0 Å². The highest BCUT2D eigenvalue weighted by Gasteiger charge is 2.15. The second-order valence-electron chi connectivity index (χ2n) is 6.48. The highest BCUT2D eigenvalue weighted by Crippen LogP contribution is 2.39. The Morgan fingerprint density at radius 3 is 2.48 bits per heavy atom. The average Bonchev–Trinajstić information content (AvgIpc) is 2.68. The van der Waals surface area contributed by atoms with E-state index in [9.17, 15) is 4.79 Å². The van der Waals surface area contributed by atoms with Crippen molar-refractivity contribution >= 4 is 33.6 Å².